The smallest absolute Gasteiger partial charge is 0.345 e. The summed E-state index contributed by atoms with van der Waals surface area (Å²) >= 11 is 0.764. The second-order valence-electron chi connectivity index (χ2n) is 4.09. The molecule has 0 amide bonds. The maximum absolute atomic E-state index is 11.9. The number of carboxylic acid groups (broad SMARTS) is 1. The van der Waals surface area contributed by atoms with E-state index in [1.54, 1.807) is 6.92 Å². The van der Waals surface area contributed by atoms with E-state index in [4.69, 9.17) is 5.11 Å². The third kappa shape index (κ3) is 4.08. The Morgan fingerprint density at radius 2 is 2.17 bits per heavy atom. The van der Waals surface area contributed by atoms with Gasteiger partial charge >= 0.3 is 5.97 Å². The summed E-state index contributed by atoms with van der Waals surface area (Å²) in [6.07, 6.45) is 2.73. The Bertz CT molecular complexity index is 507. The van der Waals surface area contributed by atoms with Crippen LogP contribution in [0.4, 0.5) is 0 Å². The quantitative estimate of drug-likeness (QED) is 0.807. The van der Waals surface area contributed by atoms with Crippen molar-refractivity contribution in [2.75, 3.05) is 0 Å². The topological polar surface area (TPSA) is 83.5 Å². The van der Waals surface area contributed by atoms with E-state index in [1.165, 1.54) is 12.1 Å². The molecular weight excluding hydrogens is 274 g/mol. The van der Waals surface area contributed by atoms with Crippen LogP contribution in [-0.2, 0) is 10.0 Å². The van der Waals surface area contributed by atoms with E-state index in [0.29, 0.717) is 0 Å². The Kier molecular flexibility index (Phi) is 5.30. The maximum Gasteiger partial charge on any atom is 0.345 e. The average molecular weight is 291 g/mol. The molecule has 0 saturated carbocycles. The lowest BCUT2D eigenvalue weighted by Gasteiger charge is -2.12. The summed E-state index contributed by atoms with van der Waals surface area (Å²) in [5.41, 5.74) is 0. The average Bonchev–Trinajstić information content (AvgIpc) is 2.75. The van der Waals surface area contributed by atoms with Crippen molar-refractivity contribution in [2.45, 2.75) is 43.4 Å². The predicted octanol–water partition coefficient (Wildman–Crippen LogP) is 2.30. The minimum absolute atomic E-state index is 0.0246. The fourth-order valence-electron chi connectivity index (χ4n) is 1.47. The van der Waals surface area contributed by atoms with Crippen molar-refractivity contribution in [1.29, 1.82) is 0 Å². The Morgan fingerprint density at radius 3 is 2.67 bits per heavy atom. The molecule has 0 aliphatic rings. The molecule has 0 aliphatic heterocycles. The van der Waals surface area contributed by atoms with Gasteiger partial charge in [-0.25, -0.2) is 17.9 Å². The minimum Gasteiger partial charge on any atom is -0.477 e. The molecule has 0 saturated heterocycles. The molecule has 1 atom stereocenters. The molecule has 5 nitrogen and oxygen atoms in total. The summed E-state index contributed by atoms with van der Waals surface area (Å²) in [6, 6.07) is 2.48. The fraction of sp³-hybridized carbons (Fsp3) is 0.545. The first-order valence-corrected chi connectivity index (χ1v) is 8.02. The summed E-state index contributed by atoms with van der Waals surface area (Å²) in [4.78, 5) is 10.7. The standard InChI is InChI=1S/C11H17NO4S2/c1-3-4-5-8(2)12-18(15,16)10-7-6-9(17-10)11(13)14/h6-8,12H,3-5H2,1-2H3,(H,13,14). The second kappa shape index (κ2) is 6.31. The number of hydrogen-bond donors (Lipinski definition) is 2. The van der Waals surface area contributed by atoms with Crippen LogP contribution in [-0.4, -0.2) is 25.5 Å². The molecule has 1 heterocycles. The molecule has 0 spiro atoms. The van der Waals surface area contributed by atoms with Crippen molar-refractivity contribution in [3.63, 3.8) is 0 Å². The van der Waals surface area contributed by atoms with Crippen LogP contribution < -0.4 is 4.72 Å². The number of carbonyl (C=O) groups is 1. The second-order valence-corrected chi connectivity index (χ2v) is 7.11. The molecule has 0 aliphatic carbocycles. The van der Waals surface area contributed by atoms with Gasteiger partial charge in [-0.05, 0) is 25.5 Å². The van der Waals surface area contributed by atoms with Gasteiger partial charge in [-0.15, -0.1) is 11.3 Å². The summed E-state index contributed by atoms with van der Waals surface area (Å²) in [5, 5.41) is 8.76. The van der Waals surface area contributed by atoms with E-state index in [1.807, 2.05) is 6.92 Å². The van der Waals surface area contributed by atoms with Crippen LogP contribution in [0.2, 0.25) is 0 Å². The zero-order chi connectivity index (χ0) is 13.8. The monoisotopic (exact) mass is 291 g/mol. The number of rotatable bonds is 7. The van der Waals surface area contributed by atoms with Crippen molar-refractivity contribution in [2.24, 2.45) is 0 Å². The maximum atomic E-state index is 11.9. The molecule has 0 aromatic carbocycles. The third-order valence-electron chi connectivity index (χ3n) is 2.40. The molecular formula is C11H17NO4S2. The predicted molar refractivity (Wildman–Crippen MR) is 70.6 cm³/mol. The molecule has 7 heteroatoms. The largest absolute Gasteiger partial charge is 0.477 e. The normalized spacial score (nSPS) is 13.4. The fourth-order valence-corrected chi connectivity index (χ4v) is 3.91. The first-order chi connectivity index (χ1) is 8.36. The Labute approximate surface area is 111 Å². The molecule has 18 heavy (non-hydrogen) atoms. The Morgan fingerprint density at radius 1 is 1.50 bits per heavy atom. The number of carboxylic acids is 1. The van der Waals surface area contributed by atoms with Crippen LogP contribution in [0, 0.1) is 0 Å². The van der Waals surface area contributed by atoms with E-state index in [2.05, 4.69) is 4.72 Å². The van der Waals surface area contributed by atoms with Crippen molar-refractivity contribution < 1.29 is 18.3 Å². The van der Waals surface area contributed by atoms with Gasteiger partial charge in [0.25, 0.3) is 0 Å². The van der Waals surface area contributed by atoms with Crippen molar-refractivity contribution in [3.05, 3.63) is 17.0 Å². The van der Waals surface area contributed by atoms with E-state index >= 15 is 0 Å². The van der Waals surface area contributed by atoms with Crippen LogP contribution in [0.3, 0.4) is 0 Å². The van der Waals surface area contributed by atoms with Crippen molar-refractivity contribution in [3.8, 4) is 0 Å². The van der Waals surface area contributed by atoms with Gasteiger partial charge < -0.3 is 5.11 Å². The zero-order valence-corrected chi connectivity index (χ0v) is 12.0. The van der Waals surface area contributed by atoms with Gasteiger partial charge in [-0.1, -0.05) is 19.8 Å². The number of unbranched alkanes of at least 4 members (excludes halogenated alkanes) is 1. The molecule has 1 aromatic rings. The molecule has 0 bridgehead atoms. The molecule has 1 aromatic heterocycles. The van der Waals surface area contributed by atoms with Crippen LogP contribution in [0.1, 0.15) is 42.8 Å². The lowest BCUT2D eigenvalue weighted by atomic mass is 10.2. The van der Waals surface area contributed by atoms with E-state index in [9.17, 15) is 13.2 Å². The number of nitrogens with one attached hydrogen (secondary N) is 1. The minimum atomic E-state index is -3.60. The Balaban J connectivity index is 2.76. The lowest BCUT2D eigenvalue weighted by molar-refractivity contribution is 0.0702. The zero-order valence-electron chi connectivity index (χ0n) is 10.3. The SMILES string of the molecule is CCCCC(C)NS(=O)(=O)c1ccc(C(=O)O)s1. The molecule has 2 N–H and O–H groups in total. The summed E-state index contributed by atoms with van der Waals surface area (Å²) in [5.74, 6) is -1.11. The number of aromatic carboxylic acids is 1. The first-order valence-electron chi connectivity index (χ1n) is 5.72. The first kappa shape index (κ1) is 15.1. The van der Waals surface area contributed by atoms with Gasteiger partial charge in [0.15, 0.2) is 0 Å². The van der Waals surface area contributed by atoms with E-state index in [0.717, 1.165) is 30.6 Å². The van der Waals surface area contributed by atoms with Gasteiger partial charge in [0, 0.05) is 6.04 Å². The number of thiophene rings is 1. The number of hydrogen-bond acceptors (Lipinski definition) is 4. The van der Waals surface area contributed by atoms with Crippen molar-refractivity contribution in [1.82, 2.24) is 4.72 Å². The van der Waals surface area contributed by atoms with Crippen LogP contribution in [0.25, 0.3) is 0 Å². The molecule has 102 valence electrons. The van der Waals surface area contributed by atoms with Gasteiger partial charge in [0.05, 0.1) is 0 Å². The molecule has 0 fully saturated rings. The highest BCUT2D eigenvalue weighted by Crippen LogP contribution is 2.21. The van der Waals surface area contributed by atoms with Gasteiger partial charge in [0.1, 0.15) is 9.09 Å². The highest BCUT2D eigenvalue weighted by atomic mass is 32.2. The van der Waals surface area contributed by atoms with Crippen LogP contribution in [0.5, 0.6) is 0 Å². The van der Waals surface area contributed by atoms with Crippen LogP contribution >= 0.6 is 11.3 Å². The summed E-state index contributed by atoms with van der Waals surface area (Å²) in [7, 11) is -3.60. The molecule has 1 unspecified atom stereocenters. The van der Waals surface area contributed by atoms with Crippen LogP contribution in [0.15, 0.2) is 16.3 Å². The highest BCUT2D eigenvalue weighted by Gasteiger charge is 2.20. The molecule has 0 radical (unpaired) electrons. The van der Waals surface area contributed by atoms with Gasteiger partial charge in [-0.3, -0.25) is 0 Å². The van der Waals surface area contributed by atoms with Gasteiger partial charge in [-0.2, -0.15) is 0 Å². The highest BCUT2D eigenvalue weighted by molar-refractivity contribution is 7.91. The van der Waals surface area contributed by atoms with Gasteiger partial charge in [0.2, 0.25) is 10.0 Å². The number of sulfonamides is 1. The van der Waals surface area contributed by atoms with E-state index < -0.39 is 16.0 Å². The van der Waals surface area contributed by atoms with E-state index in [-0.39, 0.29) is 15.1 Å². The third-order valence-corrected chi connectivity index (χ3v) is 5.56. The lowest BCUT2D eigenvalue weighted by Crippen LogP contribution is -2.32. The molecule has 1 rings (SSSR count). The summed E-state index contributed by atoms with van der Waals surface area (Å²) < 4.78 is 26.5. The summed E-state index contributed by atoms with van der Waals surface area (Å²) in [6.45, 7) is 3.85. The van der Waals surface area contributed by atoms with Crippen molar-refractivity contribution >= 4 is 27.3 Å². The Hall–Kier alpha value is -0.920.